The van der Waals surface area contributed by atoms with Gasteiger partial charge in [-0.15, -0.1) is 0 Å². The lowest BCUT2D eigenvalue weighted by atomic mass is 9.83. The lowest BCUT2D eigenvalue weighted by Crippen LogP contribution is -2.42. The summed E-state index contributed by atoms with van der Waals surface area (Å²) in [5.41, 5.74) is -0.556. The van der Waals surface area contributed by atoms with E-state index in [4.69, 9.17) is 5.11 Å². The molecule has 4 heteroatoms. The number of aliphatic hydroxyl groups excluding tert-OH is 1. The SMILES string of the molecule is CC(CO)CNC(=O)C(C)(C)c1ccccc1F. The molecule has 1 amide bonds. The van der Waals surface area contributed by atoms with Crippen LogP contribution in [0.2, 0.25) is 0 Å². The molecule has 100 valence electrons. The molecule has 0 saturated heterocycles. The maximum Gasteiger partial charge on any atom is 0.230 e. The standard InChI is InChI=1S/C14H20FNO2/c1-10(9-17)8-16-13(18)14(2,3)11-6-4-5-7-12(11)15/h4-7,10,17H,8-9H2,1-3H3,(H,16,18). The molecule has 0 spiro atoms. The molecule has 0 heterocycles. The van der Waals surface area contributed by atoms with Crippen molar-refractivity contribution in [2.45, 2.75) is 26.2 Å². The van der Waals surface area contributed by atoms with Gasteiger partial charge in [-0.25, -0.2) is 4.39 Å². The Balaban J connectivity index is 2.80. The summed E-state index contributed by atoms with van der Waals surface area (Å²) in [6.45, 7) is 5.60. The van der Waals surface area contributed by atoms with Crippen LogP contribution in [0.25, 0.3) is 0 Å². The van der Waals surface area contributed by atoms with E-state index in [0.29, 0.717) is 12.1 Å². The second-order valence-electron chi connectivity index (χ2n) is 5.10. The smallest absolute Gasteiger partial charge is 0.230 e. The highest BCUT2D eigenvalue weighted by Crippen LogP contribution is 2.25. The maximum atomic E-state index is 13.7. The third-order valence-corrected chi connectivity index (χ3v) is 3.04. The maximum absolute atomic E-state index is 13.7. The van der Waals surface area contributed by atoms with Crippen molar-refractivity contribution >= 4 is 5.91 Å². The van der Waals surface area contributed by atoms with Gasteiger partial charge >= 0.3 is 0 Å². The van der Waals surface area contributed by atoms with Crippen molar-refractivity contribution in [2.75, 3.05) is 13.2 Å². The van der Waals surface area contributed by atoms with Gasteiger partial charge in [0.05, 0.1) is 5.41 Å². The van der Waals surface area contributed by atoms with E-state index in [-0.39, 0.29) is 24.2 Å². The van der Waals surface area contributed by atoms with Crippen LogP contribution in [-0.2, 0) is 10.2 Å². The van der Waals surface area contributed by atoms with E-state index in [1.165, 1.54) is 6.07 Å². The normalized spacial score (nSPS) is 13.2. The van der Waals surface area contributed by atoms with Gasteiger partial charge in [-0.3, -0.25) is 4.79 Å². The number of benzene rings is 1. The van der Waals surface area contributed by atoms with Gasteiger partial charge in [-0.1, -0.05) is 25.1 Å². The summed E-state index contributed by atoms with van der Waals surface area (Å²) < 4.78 is 13.7. The molecule has 0 bridgehead atoms. The van der Waals surface area contributed by atoms with Gasteiger partial charge in [-0.05, 0) is 25.8 Å². The van der Waals surface area contributed by atoms with Crippen LogP contribution in [-0.4, -0.2) is 24.2 Å². The average molecular weight is 253 g/mol. The summed E-state index contributed by atoms with van der Waals surface area (Å²) >= 11 is 0. The van der Waals surface area contributed by atoms with Crippen LogP contribution >= 0.6 is 0 Å². The number of rotatable bonds is 5. The lowest BCUT2D eigenvalue weighted by Gasteiger charge is -2.25. The van der Waals surface area contributed by atoms with E-state index in [9.17, 15) is 9.18 Å². The van der Waals surface area contributed by atoms with Crippen LogP contribution in [0.4, 0.5) is 4.39 Å². The minimum absolute atomic E-state index is 0.00892. The summed E-state index contributed by atoms with van der Waals surface area (Å²) in [6.07, 6.45) is 0. The first-order valence-electron chi connectivity index (χ1n) is 6.03. The number of halogens is 1. The quantitative estimate of drug-likeness (QED) is 0.841. The van der Waals surface area contributed by atoms with Crippen molar-refractivity contribution < 1.29 is 14.3 Å². The van der Waals surface area contributed by atoms with Gasteiger partial charge in [0.25, 0.3) is 0 Å². The van der Waals surface area contributed by atoms with Crippen molar-refractivity contribution in [2.24, 2.45) is 5.92 Å². The molecular weight excluding hydrogens is 233 g/mol. The molecule has 0 aliphatic carbocycles. The number of amides is 1. The molecule has 1 unspecified atom stereocenters. The molecule has 1 atom stereocenters. The summed E-state index contributed by atoms with van der Waals surface area (Å²) in [6, 6.07) is 6.27. The zero-order chi connectivity index (χ0) is 13.8. The van der Waals surface area contributed by atoms with Gasteiger partial charge in [0.15, 0.2) is 0 Å². The van der Waals surface area contributed by atoms with Gasteiger partial charge in [-0.2, -0.15) is 0 Å². The van der Waals surface area contributed by atoms with E-state index >= 15 is 0 Å². The zero-order valence-electron chi connectivity index (χ0n) is 11.0. The fourth-order valence-corrected chi connectivity index (χ4v) is 1.64. The largest absolute Gasteiger partial charge is 0.396 e. The first-order valence-corrected chi connectivity index (χ1v) is 6.03. The van der Waals surface area contributed by atoms with Crippen molar-refractivity contribution in [3.05, 3.63) is 35.6 Å². The van der Waals surface area contributed by atoms with Gasteiger partial charge < -0.3 is 10.4 Å². The van der Waals surface area contributed by atoms with E-state index in [0.717, 1.165) is 0 Å². The van der Waals surface area contributed by atoms with Crippen LogP contribution in [0.1, 0.15) is 26.3 Å². The van der Waals surface area contributed by atoms with Crippen LogP contribution in [0, 0.1) is 11.7 Å². The minimum atomic E-state index is -0.930. The molecule has 0 fully saturated rings. The predicted octanol–water partition coefficient (Wildman–Crippen LogP) is 1.85. The predicted molar refractivity (Wildman–Crippen MR) is 68.7 cm³/mol. The topological polar surface area (TPSA) is 49.3 Å². The Kier molecular flexibility index (Phi) is 4.84. The first-order chi connectivity index (χ1) is 8.39. The molecule has 18 heavy (non-hydrogen) atoms. The van der Waals surface area contributed by atoms with E-state index in [2.05, 4.69) is 5.32 Å². The van der Waals surface area contributed by atoms with Crippen molar-refractivity contribution in [3.63, 3.8) is 0 Å². The monoisotopic (exact) mass is 253 g/mol. The van der Waals surface area contributed by atoms with E-state index in [1.54, 1.807) is 32.0 Å². The molecule has 0 saturated carbocycles. The Morgan fingerprint density at radius 2 is 2.06 bits per heavy atom. The highest BCUT2D eigenvalue weighted by molar-refractivity contribution is 5.87. The molecule has 0 aromatic heterocycles. The fourth-order valence-electron chi connectivity index (χ4n) is 1.64. The molecule has 0 aliphatic heterocycles. The van der Waals surface area contributed by atoms with E-state index < -0.39 is 5.41 Å². The molecule has 1 rings (SSSR count). The number of hydrogen-bond donors (Lipinski definition) is 2. The second-order valence-corrected chi connectivity index (χ2v) is 5.10. The average Bonchev–Trinajstić information content (AvgIpc) is 2.35. The van der Waals surface area contributed by atoms with Gasteiger partial charge in [0.1, 0.15) is 5.82 Å². The Labute approximate surface area is 107 Å². The van der Waals surface area contributed by atoms with Crippen LogP contribution < -0.4 is 5.32 Å². The second kappa shape index (κ2) is 5.96. The third kappa shape index (κ3) is 3.29. The fraction of sp³-hybridized carbons (Fsp3) is 0.500. The highest BCUT2D eigenvalue weighted by Gasteiger charge is 2.32. The van der Waals surface area contributed by atoms with Crippen molar-refractivity contribution in [1.29, 1.82) is 0 Å². The minimum Gasteiger partial charge on any atom is -0.396 e. The Hall–Kier alpha value is -1.42. The molecule has 2 N–H and O–H groups in total. The van der Waals surface area contributed by atoms with Crippen LogP contribution in [0.5, 0.6) is 0 Å². The van der Waals surface area contributed by atoms with Crippen LogP contribution in [0.15, 0.2) is 24.3 Å². The zero-order valence-corrected chi connectivity index (χ0v) is 11.0. The molecule has 0 aliphatic rings. The number of nitrogens with one attached hydrogen (secondary N) is 1. The van der Waals surface area contributed by atoms with E-state index in [1.807, 2.05) is 6.92 Å². The molecular formula is C14H20FNO2. The summed E-state index contributed by atoms with van der Waals surface area (Å²) in [5.74, 6) is -0.633. The number of carbonyl (C=O) groups is 1. The van der Waals surface area contributed by atoms with Gasteiger partial charge in [0, 0.05) is 18.7 Å². The van der Waals surface area contributed by atoms with Gasteiger partial charge in [0.2, 0.25) is 5.91 Å². The summed E-state index contributed by atoms with van der Waals surface area (Å²) in [5, 5.41) is 11.6. The molecule has 0 radical (unpaired) electrons. The number of aliphatic hydroxyl groups is 1. The Bertz CT molecular complexity index is 418. The molecule has 1 aromatic carbocycles. The Morgan fingerprint density at radius 3 is 2.61 bits per heavy atom. The molecule has 3 nitrogen and oxygen atoms in total. The summed E-state index contributed by atoms with van der Waals surface area (Å²) in [4.78, 5) is 12.1. The van der Waals surface area contributed by atoms with Crippen LogP contribution in [0.3, 0.4) is 0 Å². The number of hydrogen-bond acceptors (Lipinski definition) is 2. The third-order valence-electron chi connectivity index (χ3n) is 3.04. The lowest BCUT2D eigenvalue weighted by molar-refractivity contribution is -0.126. The molecule has 1 aromatic rings. The highest BCUT2D eigenvalue weighted by atomic mass is 19.1. The van der Waals surface area contributed by atoms with Crippen molar-refractivity contribution in [3.8, 4) is 0 Å². The number of carbonyl (C=O) groups excluding carboxylic acids is 1. The first kappa shape index (κ1) is 14.6. The Morgan fingerprint density at radius 1 is 1.44 bits per heavy atom. The summed E-state index contributed by atoms with van der Waals surface area (Å²) in [7, 11) is 0. The van der Waals surface area contributed by atoms with Crippen molar-refractivity contribution in [1.82, 2.24) is 5.32 Å².